The van der Waals surface area contributed by atoms with Gasteiger partial charge in [0.2, 0.25) is 0 Å². The third kappa shape index (κ3) is 4.46. The predicted molar refractivity (Wildman–Crippen MR) is 119 cm³/mol. The summed E-state index contributed by atoms with van der Waals surface area (Å²) < 4.78 is 33.2. The molecule has 0 unspecified atom stereocenters. The van der Waals surface area contributed by atoms with Crippen molar-refractivity contribution < 1.29 is 23.4 Å². The van der Waals surface area contributed by atoms with Crippen LogP contribution in [0, 0.1) is 0 Å². The smallest absolute Gasteiger partial charge is 0.265 e. The fourth-order valence-corrected chi connectivity index (χ4v) is 4.57. The monoisotopic (exact) mass is 476 g/mol. The van der Waals surface area contributed by atoms with Crippen molar-refractivity contribution in [3.05, 3.63) is 76.9 Å². The largest absolute Gasteiger partial charge is 0.508 e. The number of phenolic OH excluding ortho intramolecular Hbond substituents is 2. The number of para-hydroxylation sites is 1. The number of aromatic hydroxyl groups is 2. The summed E-state index contributed by atoms with van der Waals surface area (Å²) in [4.78, 5) is 3.89. The molecule has 10 heteroatoms. The van der Waals surface area contributed by atoms with Crippen molar-refractivity contribution in [2.75, 3.05) is 4.72 Å². The minimum atomic E-state index is -4.17. The van der Waals surface area contributed by atoms with Crippen LogP contribution in [0.25, 0.3) is 10.9 Å². The number of anilines is 1. The number of nitrogens with one attached hydrogen (secondary N) is 1. The molecule has 0 saturated heterocycles. The van der Waals surface area contributed by atoms with Gasteiger partial charge in [0, 0.05) is 11.5 Å². The summed E-state index contributed by atoms with van der Waals surface area (Å²) >= 11 is 12.6. The molecule has 1 heterocycles. The Morgan fingerprint density at radius 3 is 2.35 bits per heavy atom. The quantitative estimate of drug-likeness (QED) is 0.348. The normalized spacial score (nSPS) is 11.4. The lowest BCUT2D eigenvalue weighted by Gasteiger charge is -2.14. The highest BCUT2D eigenvalue weighted by molar-refractivity contribution is 7.92. The Morgan fingerprint density at radius 2 is 1.65 bits per heavy atom. The molecule has 0 atom stereocenters. The number of halogens is 2. The van der Waals surface area contributed by atoms with Gasteiger partial charge in [0.1, 0.15) is 22.1 Å². The highest BCUT2D eigenvalue weighted by Crippen LogP contribution is 2.40. The lowest BCUT2D eigenvalue weighted by atomic mass is 10.2. The van der Waals surface area contributed by atoms with Gasteiger partial charge in [-0.05, 0) is 36.4 Å². The number of fused-ring (bicyclic) bond motifs is 1. The van der Waals surface area contributed by atoms with Gasteiger partial charge in [-0.2, -0.15) is 0 Å². The number of pyridine rings is 1. The lowest BCUT2D eigenvalue weighted by Crippen LogP contribution is -2.13. The molecule has 0 aliphatic heterocycles. The molecule has 3 aromatic carbocycles. The molecule has 0 saturated carbocycles. The van der Waals surface area contributed by atoms with E-state index in [-0.39, 0.29) is 27.2 Å². The first-order valence-electron chi connectivity index (χ1n) is 8.79. The second-order valence-electron chi connectivity index (χ2n) is 6.49. The molecular weight excluding hydrogens is 463 g/mol. The van der Waals surface area contributed by atoms with Gasteiger partial charge in [0.15, 0.2) is 5.75 Å². The molecule has 0 bridgehead atoms. The molecule has 31 heavy (non-hydrogen) atoms. The Kier molecular flexibility index (Phi) is 5.53. The van der Waals surface area contributed by atoms with E-state index in [4.69, 9.17) is 27.9 Å². The van der Waals surface area contributed by atoms with E-state index < -0.39 is 20.7 Å². The molecule has 0 amide bonds. The summed E-state index contributed by atoms with van der Waals surface area (Å²) in [5.74, 6) is -0.332. The van der Waals surface area contributed by atoms with Crippen LogP contribution in [0.15, 0.2) is 71.8 Å². The van der Waals surface area contributed by atoms with E-state index >= 15 is 0 Å². The Hall–Kier alpha value is -3.20. The molecule has 4 aromatic rings. The average molecular weight is 477 g/mol. The Balaban J connectivity index is 1.62. The Labute approximate surface area is 187 Å². The Morgan fingerprint density at radius 1 is 0.935 bits per heavy atom. The number of rotatable bonds is 5. The lowest BCUT2D eigenvalue weighted by molar-refractivity contribution is 0.440. The van der Waals surface area contributed by atoms with E-state index in [2.05, 4.69) is 9.71 Å². The maximum Gasteiger partial charge on any atom is 0.265 e. The maximum atomic E-state index is 12.6. The van der Waals surface area contributed by atoms with Gasteiger partial charge in [-0.3, -0.25) is 9.71 Å². The van der Waals surface area contributed by atoms with Crippen LogP contribution in [-0.2, 0) is 10.0 Å². The van der Waals surface area contributed by atoms with Gasteiger partial charge in [0.25, 0.3) is 10.0 Å². The first-order valence-corrected chi connectivity index (χ1v) is 11.0. The van der Waals surface area contributed by atoms with E-state index in [1.807, 2.05) is 24.3 Å². The highest BCUT2D eigenvalue weighted by Gasteiger charge is 2.21. The van der Waals surface area contributed by atoms with E-state index in [1.54, 1.807) is 6.07 Å². The van der Waals surface area contributed by atoms with Crippen LogP contribution in [-0.4, -0.2) is 23.6 Å². The van der Waals surface area contributed by atoms with Crippen molar-refractivity contribution in [2.45, 2.75) is 4.90 Å². The third-order valence-electron chi connectivity index (χ3n) is 4.27. The number of hydrogen-bond donors (Lipinski definition) is 3. The van der Waals surface area contributed by atoms with Crippen molar-refractivity contribution in [3.8, 4) is 23.0 Å². The number of sulfonamides is 1. The van der Waals surface area contributed by atoms with Crippen LogP contribution in [0.4, 0.5) is 5.69 Å². The maximum absolute atomic E-state index is 12.6. The molecule has 4 rings (SSSR count). The van der Waals surface area contributed by atoms with Gasteiger partial charge in [-0.25, -0.2) is 8.42 Å². The van der Waals surface area contributed by atoms with Crippen molar-refractivity contribution in [1.29, 1.82) is 0 Å². The minimum absolute atomic E-state index is 0.0615. The number of benzene rings is 3. The predicted octanol–water partition coefficient (Wildman–Crippen LogP) is 5.55. The van der Waals surface area contributed by atoms with Crippen molar-refractivity contribution in [1.82, 2.24) is 4.98 Å². The van der Waals surface area contributed by atoms with Crippen molar-refractivity contribution in [2.24, 2.45) is 0 Å². The zero-order valence-electron chi connectivity index (χ0n) is 15.6. The zero-order valence-corrected chi connectivity index (χ0v) is 17.9. The summed E-state index contributed by atoms with van der Waals surface area (Å²) in [5, 5.41) is 20.2. The number of ether oxygens (including phenoxy) is 1. The summed E-state index contributed by atoms with van der Waals surface area (Å²) in [6.07, 6.45) is 1.53. The minimum Gasteiger partial charge on any atom is -0.508 e. The van der Waals surface area contributed by atoms with E-state index in [9.17, 15) is 18.6 Å². The molecule has 3 N–H and O–H groups in total. The molecule has 7 nitrogen and oxygen atoms in total. The van der Waals surface area contributed by atoms with Crippen LogP contribution in [0.1, 0.15) is 0 Å². The van der Waals surface area contributed by atoms with E-state index in [1.165, 1.54) is 18.3 Å². The van der Waals surface area contributed by atoms with Gasteiger partial charge in [-0.1, -0.05) is 41.4 Å². The average Bonchev–Trinajstić information content (AvgIpc) is 2.70. The van der Waals surface area contributed by atoms with Crippen molar-refractivity contribution >= 4 is 49.8 Å². The topological polar surface area (TPSA) is 109 Å². The molecule has 0 radical (unpaired) electrons. The number of hydrogen-bond acceptors (Lipinski definition) is 6. The molecule has 0 aliphatic carbocycles. The highest BCUT2D eigenvalue weighted by atomic mass is 35.5. The fourth-order valence-electron chi connectivity index (χ4n) is 2.88. The summed E-state index contributed by atoms with van der Waals surface area (Å²) in [7, 11) is -4.17. The summed E-state index contributed by atoms with van der Waals surface area (Å²) in [6, 6.07) is 15.1. The van der Waals surface area contributed by atoms with E-state index in [0.717, 1.165) is 29.1 Å². The zero-order chi connectivity index (χ0) is 22.2. The number of nitrogens with zero attached hydrogens (tertiary/aromatic N) is 1. The fraction of sp³-hybridized carbons (Fsp3) is 0. The van der Waals surface area contributed by atoms with Crippen LogP contribution in [0.2, 0.25) is 10.0 Å². The van der Waals surface area contributed by atoms with Crippen LogP contribution in [0.3, 0.4) is 0 Å². The van der Waals surface area contributed by atoms with Gasteiger partial charge >= 0.3 is 0 Å². The van der Waals surface area contributed by atoms with Gasteiger partial charge < -0.3 is 14.9 Å². The first kappa shape index (κ1) is 21.0. The van der Waals surface area contributed by atoms with Gasteiger partial charge in [0.05, 0.1) is 27.4 Å². The molecule has 158 valence electrons. The van der Waals surface area contributed by atoms with Gasteiger partial charge in [-0.15, -0.1) is 0 Å². The summed E-state index contributed by atoms with van der Waals surface area (Å²) in [5.41, 5.74) is 0.862. The number of aromatic nitrogens is 1. The number of phenols is 2. The molecule has 0 fully saturated rings. The van der Waals surface area contributed by atoms with Crippen LogP contribution >= 0.6 is 23.2 Å². The molecule has 0 aliphatic rings. The first-order chi connectivity index (χ1) is 14.7. The Bertz CT molecular complexity index is 1390. The molecule has 0 spiro atoms. The second-order valence-corrected chi connectivity index (χ2v) is 8.96. The van der Waals surface area contributed by atoms with E-state index in [0.29, 0.717) is 5.75 Å². The second kappa shape index (κ2) is 8.14. The van der Waals surface area contributed by atoms with Crippen LogP contribution < -0.4 is 9.46 Å². The molecule has 1 aromatic heterocycles. The van der Waals surface area contributed by atoms with Crippen LogP contribution in [0.5, 0.6) is 23.0 Å². The molecular formula is C21H14Cl2N2O5S. The third-order valence-corrected chi connectivity index (χ3v) is 6.26. The SMILES string of the molecule is O=S(=O)(Nc1cc(Cl)c(Oc2cnc3ccccc3c2)c(Cl)c1)c1ccc(O)cc1O. The van der Waals surface area contributed by atoms with Crippen molar-refractivity contribution in [3.63, 3.8) is 0 Å². The standard InChI is InChI=1S/C21H14Cl2N2O5S/c22-16-8-13(25-31(28,29)20-6-5-14(26)10-19(20)27)9-17(23)21(16)30-15-7-12-3-1-2-4-18(12)24-11-15/h1-11,25-27H. The summed E-state index contributed by atoms with van der Waals surface area (Å²) in [6.45, 7) is 0.